The summed E-state index contributed by atoms with van der Waals surface area (Å²) in [6.45, 7) is 7.34. The lowest BCUT2D eigenvalue weighted by Crippen LogP contribution is -2.35. The average molecular weight is 401 g/mol. The third-order valence-corrected chi connectivity index (χ3v) is 6.93. The number of nitrogens with one attached hydrogen (secondary N) is 1. The molecule has 0 atom stereocenters. The fraction of sp³-hybridized carbons (Fsp3) is 0.409. The summed E-state index contributed by atoms with van der Waals surface area (Å²) in [5, 5.41) is 2.94. The van der Waals surface area contributed by atoms with Crippen molar-refractivity contribution >= 4 is 21.6 Å². The maximum atomic E-state index is 12.9. The van der Waals surface area contributed by atoms with E-state index in [0.717, 1.165) is 30.5 Å². The quantitative estimate of drug-likeness (QED) is 0.827. The van der Waals surface area contributed by atoms with Crippen molar-refractivity contribution in [2.45, 2.75) is 50.3 Å². The van der Waals surface area contributed by atoms with Crippen LogP contribution >= 0.6 is 0 Å². The molecule has 0 spiro atoms. The fourth-order valence-corrected chi connectivity index (χ4v) is 5.06. The molecule has 1 heterocycles. The number of piperidine rings is 1. The lowest BCUT2D eigenvalue weighted by Gasteiger charge is -2.26. The molecule has 6 heteroatoms. The van der Waals surface area contributed by atoms with Gasteiger partial charge in [0.25, 0.3) is 5.91 Å². The molecule has 0 radical (unpaired) electrons. The van der Waals surface area contributed by atoms with Gasteiger partial charge in [-0.1, -0.05) is 51.5 Å². The van der Waals surface area contributed by atoms with Gasteiger partial charge in [-0.05, 0) is 48.1 Å². The Morgan fingerprint density at radius 3 is 2.32 bits per heavy atom. The van der Waals surface area contributed by atoms with Gasteiger partial charge in [0.05, 0.1) is 4.90 Å². The number of carbonyl (C=O) groups is 1. The van der Waals surface area contributed by atoms with Crippen LogP contribution in [0.2, 0.25) is 0 Å². The Morgan fingerprint density at radius 1 is 0.964 bits per heavy atom. The largest absolute Gasteiger partial charge is 0.322 e. The Hall–Kier alpha value is -2.18. The molecule has 28 heavy (non-hydrogen) atoms. The van der Waals surface area contributed by atoms with Gasteiger partial charge in [-0.25, -0.2) is 8.42 Å². The molecule has 0 bridgehead atoms. The number of hydrogen-bond acceptors (Lipinski definition) is 3. The first-order valence-corrected chi connectivity index (χ1v) is 11.1. The van der Waals surface area contributed by atoms with Crippen molar-refractivity contribution in [2.24, 2.45) is 0 Å². The molecule has 1 saturated heterocycles. The lowest BCUT2D eigenvalue weighted by molar-refractivity contribution is 0.102. The fourth-order valence-electron chi connectivity index (χ4n) is 3.49. The molecule has 2 aromatic rings. The highest BCUT2D eigenvalue weighted by atomic mass is 32.2. The Labute approximate surface area is 167 Å². The van der Waals surface area contributed by atoms with Gasteiger partial charge in [-0.3, -0.25) is 4.79 Å². The number of rotatable bonds is 4. The lowest BCUT2D eigenvalue weighted by atomic mass is 9.86. The summed E-state index contributed by atoms with van der Waals surface area (Å²) in [4.78, 5) is 13.0. The smallest absolute Gasteiger partial charge is 0.255 e. The van der Waals surface area contributed by atoms with Crippen molar-refractivity contribution in [3.63, 3.8) is 0 Å². The number of hydrogen-bond donors (Lipinski definition) is 1. The maximum absolute atomic E-state index is 12.9. The van der Waals surface area contributed by atoms with Crippen LogP contribution in [0, 0.1) is 0 Å². The van der Waals surface area contributed by atoms with Crippen LogP contribution in [-0.2, 0) is 15.4 Å². The van der Waals surface area contributed by atoms with E-state index in [-0.39, 0.29) is 16.2 Å². The van der Waals surface area contributed by atoms with Gasteiger partial charge in [-0.15, -0.1) is 0 Å². The Morgan fingerprint density at radius 2 is 1.64 bits per heavy atom. The van der Waals surface area contributed by atoms with Crippen LogP contribution in [0.1, 0.15) is 56.0 Å². The predicted molar refractivity (Wildman–Crippen MR) is 112 cm³/mol. The molecule has 0 aromatic heterocycles. The molecule has 2 aromatic carbocycles. The van der Waals surface area contributed by atoms with Crippen LogP contribution < -0.4 is 5.32 Å². The summed E-state index contributed by atoms with van der Waals surface area (Å²) in [6, 6.07) is 14.0. The number of sulfonamides is 1. The first-order chi connectivity index (χ1) is 13.2. The second-order valence-corrected chi connectivity index (χ2v) is 10.2. The van der Waals surface area contributed by atoms with E-state index in [1.54, 1.807) is 18.2 Å². The van der Waals surface area contributed by atoms with Gasteiger partial charge >= 0.3 is 0 Å². The highest BCUT2D eigenvalue weighted by molar-refractivity contribution is 7.89. The summed E-state index contributed by atoms with van der Waals surface area (Å²) >= 11 is 0. The van der Waals surface area contributed by atoms with E-state index in [1.165, 1.54) is 10.4 Å². The van der Waals surface area contributed by atoms with E-state index in [0.29, 0.717) is 18.7 Å². The van der Waals surface area contributed by atoms with Gasteiger partial charge in [0, 0.05) is 24.3 Å². The van der Waals surface area contributed by atoms with Crippen LogP contribution in [0.3, 0.4) is 0 Å². The maximum Gasteiger partial charge on any atom is 0.255 e. The van der Waals surface area contributed by atoms with Gasteiger partial charge in [0.2, 0.25) is 10.0 Å². The normalized spacial score (nSPS) is 16.0. The first-order valence-electron chi connectivity index (χ1n) is 9.71. The number of para-hydroxylation sites is 1. The molecule has 3 rings (SSSR count). The summed E-state index contributed by atoms with van der Waals surface area (Å²) in [6.07, 6.45) is 2.81. The molecule has 1 N–H and O–H groups in total. The highest BCUT2D eigenvalue weighted by Gasteiger charge is 2.26. The van der Waals surface area contributed by atoms with Crippen molar-refractivity contribution in [2.75, 3.05) is 18.4 Å². The van der Waals surface area contributed by atoms with Gasteiger partial charge < -0.3 is 5.32 Å². The standard InChI is InChI=1S/C22H28N2O3S/c1-22(2,3)19-12-5-6-13-20(19)23-21(25)17-10-9-11-18(16-17)28(26,27)24-14-7-4-8-15-24/h5-6,9-13,16H,4,7-8,14-15H2,1-3H3,(H,23,25). The molecule has 1 amide bonds. The minimum Gasteiger partial charge on any atom is -0.322 e. The Kier molecular flexibility index (Phi) is 5.91. The van der Waals surface area contributed by atoms with Crippen LogP contribution in [-0.4, -0.2) is 31.7 Å². The van der Waals surface area contributed by atoms with Crippen molar-refractivity contribution in [3.05, 3.63) is 59.7 Å². The van der Waals surface area contributed by atoms with Gasteiger partial charge in [0.15, 0.2) is 0 Å². The van der Waals surface area contributed by atoms with Gasteiger partial charge in [0.1, 0.15) is 0 Å². The number of carbonyl (C=O) groups excluding carboxylic acids is 1. The van der Waals surface area contributed by atoms with Crippen molar-refractivity contribution in [1.29, 1.82) is 0 Å². The van der Waals surface area contributed by atoms with Crippen LogP contribution in [0.5, 0.6) is 0 Å². The minimum atomic E-state index is -3.57. The number of nitrogens with zero attached hydrogens (tertiary/aromatic N) is 1. The van der Waals surface area contributed by atoms with E-state index in [2.05, 4.69) is 26.1 Å². The second kappa shape index (κ2) is 8.05. The molecule has 0 unspecified atom stereocenters. The molecular formula is C22H28N2O3S. The van der Waals surface area contributed by atoms with E-state index in [4.69, 9.17) is 0 Å². The molecular weight excluding hydrogens is 372 g/mol. The third kappa shape index (κ3) is 4.45. The van der Waals surface area contributed by atoms with E-state index >= 15 is 0 Å². The predicted octanol–water partition coefficient (Wildman–Crippen LogP) is 4.41. The van der Waals surface area contributed by atoms with Crippen molar-refractivity contribution in [1.82, 2.24) is 4.31 Å². The zero-order chi connectivity index (χ0) is 20.4. The molecule has 1 fully saturated rings. The summed E-state index contributed by atoms with van der Waals surface area (Å²) in [7, 11) is -3.57. The number of anilines is 1. The topological polar surface area (TPSA) is 66.5 Å². The van der Waals surface area contributed by atoms with Crippen LogP contribution in [0.25, 0.3) is 0 Å². The third-order valence-electron chi connectivity index (χ3n) is 5.03. The molecule has 5 nitrogen and oxygen atoms in total. The van der Waals surface area contributed by atoms with Crippen molar-refractivity contribution < 1.29 is 13.2 Å². The molecule has 0 saturated carbocycles. The monoisotopic (exact) mass is 400 g/mol. The molecule has 1 aliphatic heterocycles. The summed E-state index contributed by atoms with van der Waals surface area (Å²) < 4.78 is 27.3. The van der Waals surface area contributed by atoms with Gasteiger partial charge in [-0.2, -0.15) is 4.31 Å². The van der Waals surface area contributed by atoms with Crippen LogP contribution in [0.15, 0.2) is 53.4 Å². The molecule has 0 aliphatic carbocycles. The summed E-state index contributed by atoms with van der Waals surface area (Å²) in [5.74, 6) is -0.313. The highest BCUT2D eigenvalue weighted by Crippen LogP contribution is 2.29. The van der Waals surface area contributed by atoms with E-state index in [1.807, 2.05) is 24.3 Å². The molecule has 1 aliphatic rings. The summed E-state index contributed by atoms with van der Waals surface area (Å²) in [5.41, 5.74) is 1.98. The second-order valence-electron chi connectivity index (χ2n) is 8.24. The number of amides is 1. The first kappa shape index (κ1) is 20.6. The minimum absolute atomic E-state index is 0.122. The zero-order valence-corrected chi connectivity index (χ0v) is 17.6. The SMILES string of the molecule is CC(C)(C)c1ccccc1NC(=O)c1cccc(S(=O)(=O)N2CCCCC2)c1. The molecule has 150 valence electrons. The van der Waals surface area contributed by atoms with E-state index < -0.39 is 10.0 Å². The van der Waals surface area contributed by atoms with Crippen molar-refractivity contribution in [3.8, 4) is 0 Å². The Balaban J connectivity index is 1.86. The van der Waals surface area contributed by atoms with Crippen LogP contribution in [0.4, 0.5) is 5.69 Å². The zero-order valence-electron chi connectivity index (χ0n) is 16.7. The Bertz CT molecular complexity index is 956. The van der Waals surface area contributed by atoms with E-state index in [9.17, 15) is 13.2 Å². The average Bonchev–Trinajstić information content (AvgIpc) is 2.68. The number of benzene rings is 2.